The number of nitrogens with one attached hydrogen (secondary N) is 1. The van der Waals surface area contributed by atoms with Crippen molar-refractivity contribution in [2.24, 2.45) is 7.05 Å². The van der Waals surface area contributed by atoms with Crippen LogP contribution < -0.4 is 0 Å². The fraction of sp³-hybridized carbons (Fsp3) is 0.318. The van der Waals surface area contributed by atoms with Crippen LogP contribution in [0.2, 0.25) is 0 Å². The van der Waals surface area contributed by atoms with Crippen molar-refractivity contribution < 1.29 is 0 Å². The number of nitrogens with zero attached hydrogens (tertiary/aromatic N) is 3. The molecule has 2 aromatic carbocycles. The fourth-order valence-corrected chi connectivity index (χ4v) is 4.33. The van der Waals surface area contributed by atoms with Crippen LogP contribution in [-0.2, 0) is 13.6 Å². The second kappa shape index (κ2) is 5.99. The Labute approximate surface area is 153 Å². The number of hydrogen-bond donors (Lipinski definition) is 1. The fourth-order valence-electron chi connectivity index (χ4n) is 4.33. The molecule has 4 nitrogen and oxygen atoms in total. The first-order valence-electron chi connectivity index (χ1n) is 9.39. The van der Waals surface area contributed by atoms with Gasteiger partial charge in [-0.1, -0.05) is 24.3 Å². The summed E-state index contributed by atoms with van der Waals surface area (Å²) in [6, 6.07) is 15.1. The molecule has 0 bridgehead atoms. The van der Waals surface area contributed by atoms with Gasteiger partial charge in [0.05, 0.1) is 11.0 Å². The van der Waals surface area contributed by atoms with E-state index in [1.807, 2.05) is 0 Å². The minimum Gasteiger partial charge on any atom is -0.350 e. The Hall–Kier alpha value is -2.59. The van der Waals surface area contributed by atoms with E-state index in [-0.39, 0.29) is 0 Å². The topological polar surface area (TPSA) is 36.9 Å². The Morgan fingerprint density at radius 3 is 3.00 bits per heavy atom. The van der Waals surface area contributed by atoms with Crippen molar-refractivity contribution in [3.8, 4) is 0 Å². The summed E-state index contributed by atoms with van der Waals surface area (Å²) in [6.45, 7) is 5.34. The molecule has 132 valence electrons. The van der Waals surface area contributed by atoms with Crippen LogP contribution in [0.25, 0.3) is 21.9 Å². The highest BCUT2D eigenvalue weighted by atomic mass is 15.2. The monoisotopic (exact) mass is 344 g/mol. The van der Waals surface area contributed by atoms with E-state index in [4.69, 9.17) is 4.98 Å². The van der Waals surface area contributed by atoms with Crippen LogP contribution in [0.15, 0.2) is 48.7 Å². The summed E-state index contributed by atoms with van der Waals surface area (Å²) in [5.74, 6) is 1.64. The van der Waals surface area contributed by atoms with Gasteiger partial charge in [0.1, 0.15) is 5.82 Å². The van der Waals surface area contributed by atoms with Crippen molar-refractivity contribution in [3.05, 3.63) is 65.6 Å². The lowest BCUT2D eigenvalue weighted by molar-refractivity contribution is 0.327. The Morgan fingerprint density at radius 2 is 2.08 bits per heavy atom. The summed E-state index contributed by atoms with van der Waals surface area (Å²) in [7, 11) is 2.13. The third-order valence-electron chi connectivity index (χ3n) is 5.69. The molecular weight excluding hydrogens is 320 g/mol. The van der Waals surface area contributed by atoms with Crippen molar-refractivity contribution in [2.75, 3.05) is 13.1 Å². The number of hydrogen-bond acceptors (Lipinski definition) is 2. The number of para-hydroxylation sites is 1. The molecule has 1 fully saturated rings. The quantitative estimate of drug-likeness (QED) is 0.600. The Kier molecular flexibility index (Phi) is 3.61. The van der Waals surface area contributed by atoms with Gasteiger partial charge in [0.15, 0.2) is 0 Å². The highest BCUT2D eigenvalue weighted by molar-refractivity contribution is 5.83. The number of rotatable bonds is 3. The van der Waals surface area contributed by atoms with Crippen LogP contribution in [0.4, 0.5) is 0 Å². The van der Waals surface area contributed by atoms with Crippen LogP contribution in [-0.4, -0.2) is 32.5 Å². The van der Waals surface area contributed by atoms with E-state index in [0.29, 0.717) is 5.92 Å². The molecule has 26 heavy (non-hydrogen) atoms. The zero-order chi connectivity index (χ0) is 17.7. The van der Waals surface area contributed by atoms with Gasteiger partial charge in [-0.2, -0.15) is 0 Å². The molecule has 1 aliphatic rings. The van der Waals surface area contributed by atoms with Gasteiger partial charge in [-0.3, -0.25) is 4.90 Å². The van der Waals surface area contributed by atoms with Crippen molar-refractivity contribution in [1.82, 2.24) is 19.4 Å². The summed E-state index contributed by atoms with van der Waals surface area (Å²) >= 11 is 0. The lowest BCUT2D eigenvalue weighted by atomic mass is 10.1. The maximum absolute atomic E-state index is 4.85. The average Bonchev–Trinajstić information content (AvgIpc) is 3.33. The van der Waals surface area contributed by atoms with Gasteiger partial charge in [-0.25, -0.2) is 4.98 Å². The molecule has 0 radical (unpaired) electrons. The van der Waals surface area contributed by atoms with Gasteiger partial charge >= 0.3 is 0 Å². The first-order chi connectivity index (χ1) is 12.7. The summed E-state index contributed by atoms with van der Waals surface area (Å²) in [6.07, 6.45) is 3.45. The molecule has 4 aromatic rings. The third kappa shape index (κ3) is 2.61. The first-order valence-corrected chi connectivity index (χ1v) is 9.39. The molecule has 0 unspecified atom stereocenters. The van der Waals surface area contributed by atoms with Crippen LogP contribution in [0.1, 0.15) is 29.3 Å². The van der Waals surface area contributed by atoms with E-state index in [0.717, 1.165) is 36.5 Å². The Bertz CT molecular complexity index is 1090. The number of aromatic amines is 1. The van der Waals surface area contributed by atoms with Crippen molar-refractivity contribution in [2.45, 2.75) is 25.8 Å². The number of likely N-dealkylation sites (tertiary alicyclic amines) is 1. The second-order valence-corrected chi connectivity index (χ2v) is 7.65. The number of fused-ring (bicyclic) bond motifs is 2. The number of H-pyrrole nitrogens is 1. The Morgan fingerprint density at radius 1 is 1.19 bits per heavy atom. The van der Waals surface area contributed by atoms with Gasteiger partial charge in [0.25, 0.3) is 0 Å². The average molecular weight is 344 g/mol. The highest BCUT2D eigenvalue weighted by Crippen LogP contribution is 2.30. The SMILES string of the molecule is Cc1ccc2nc([C@H]3CCN(Cc4cn(C)c5ccccc45)C3)[nH]c2c1. The smallest absolute Gasteiger partial charge is 0.111 e. The number of imidazole rings is 1. The van der Waals surface area contributed by atoms with E-state index < -0.39 is 0 Å². The maximum atomic E-state index is 4.85. The lowest BCUT2D eigenvalue weighted by Crippen LogP contribution is -2.19. The zero-order valence-electron chi connectivity index (χ0n) is 15.4. The minimum atomic E-state index is 0.498. The molecule has 0 spiro atoms. The molecule has 2 aromatic heterocycles. The van der Waals surface area contributed by atoms with Crippen molar-refractivity contribution in [3.63, 3.8) is 0 Å². The van der Waals surface area contributed by atoms with Gasteiger partial charge in [-0.05, 0) is 49.2 Å². The molecule has 1 aliphatic heterocycles. The number of aromatic nitrogens is 3. The van der Waals surface area contributed by atoms with E-state index in [2.05, 4.69) is 77.1 Å². The predicted molar refractivity (Wildman–Crippen MR) is 106 cm³/mol. The number of aryl methyl sites for hydroxylation is 2. The summed E-state index contributed by atoms with van der Waals surface area (Å²) < 4.78 is 2.24. The number of benzene rings is 2. The molecule has 4 heteroatoms. The molecule has 1 atom stereocenters. The molecular formula is C22H24N4. The minimum absolute atomic E-state index is 0.498. The third-order valence-corrected chi connectivity index (χ3v) is 5.69. The van der Waals surface area contributed by atoms with Crippen LogP contribution in [0.5, 0.6) is 0 Å². The van der Waals surface area contributed by atoms with Crippen LogP contribution in [0, 0.1) is 6.92 Å². The first kappa shape index (κ1) is 15.6. The van der Waals surface area contributed by atoms with E-state index >= 15 is 0 Å². The van der Waals surface area contributed by atoms with Crippen LogP contribution >= 0.6 is 0 Å². The Balaban J connectivity index is 1.36. The summed E-state index contributed by atoms with van der Waals surface area (Å²) in [5.41, 5.74) is 6.25. The normalized spacial score (nSPS) is 18.3. The molecule has 1 saturated heterocycles. The standard InChI is InChI=1S/C22H24N4/c1-15-7-8-19-20(11-15)24-22(23-19)16-9-10-26(13-16)14-17-12-25(2)21-6-4-3-5-18(17)21/h3-8,11-12,16H,9-10,13-14H2,1-2H3,(H,23,24)/t16-/m0/s1. The van der Waals surface area contributed by atoms with Crippen molar-refractivity contribution >= 4 is 21.9 Å². The lowest BCUT2D eigenvalue weighted by Gasteiger charge is -2.15. The second-order valence-electron chi connectivity index (χ2n) is 7.65. The summed E-state index contributed by atoms with van der Waals surface area (Å²) in [4.78, 5) is 11.0. The van der Waals surface area contributed by atoms with Gasteiger partial charge in [0, 0.05) is 43.2 Å². The highest BCUT2D eigenvalue weighted by Gasteiger charge is 2.27. The molecule has 0 aliphatic carbocycles. The zero-order valence-corrected chi connectivity index (χ0v) is 15.4. The molecule has 1 N–H and O–H groups in total. The molecule has 5 rings (SSSR count). The predicted octanol–water partition coefficient (Wildman–Crippen LogP) is 4.35. The molecule has 3 heterocycles. The van der Waals surface area contributed by atoms with E-state index in [9.17, 15) is 0 Å². The maximum Gasteiger partial charge on any atom is 0.111 e. The largest absolute Gasteiger partial charge is 0.350 e. The van der Waals surface area contributed by atoms with Gasteiger partial charge < -0.3 is 9.55 Å². The summed E-state index contributed by atoms with van der Waals surface area (Å²) in [5, 5.41) is 1.37. The molecule has 0 amide bonds. The van der Waals surface area contributed by atoms with E-state index in [1.165, 1.54) is 28.5 Å². The van der Waals surface area contributed by atoms with Gasteiger partial charge in [-0.15, -0.1) is 0 Å². The van der Waals surface area contributed by atoms with Crippen molar-refractivity contribution in [1.29, 1.82) is 0 Å². The van der Waals surface area contributed by atoms with Gasteiger partial charge in [0.2, 0.25) is 0 Å². The van der Waals surface area contributed by atoms with Crippen LogP contribution in [0.3, 0.4) is 0 Å². The molecule has 0 saturated carbocycles. The van der Waals surface area contributed by atoms with E-state index in [1.54, 1.807) is 0 Å².